The molecule has 0 aliphatic carbocycles. The Morgan fingerprint density at radius 2 is 1.82 bits per heavy atom. The van der Waals surface area contributed by atoms with Gasteiger partial charge in [0.25, 0.3) is 0 Å². The molecule has 0 radical (unpaired) electrons. The maximum Gasteiger partial charge on any atom is 0.215 e. The first-order chi connectivity index (χ1) is 7.68. The van der Waals surface area contributed by atoms with Gasteiger partial charge < -0.3 is 12.4 Å². The molecule has 0 bridgehead atoms. The predicted molar refractivity (Wildman–Crippen MR) is 71.6 cm³/mol. The number of halogens is 1. The molecule has 2 aliphatic heterocycles. The number of quaternary nitrogens is 1. The second-order valence-electron chi connectivity index (χ2n) is 4.73. The Bertz CT molecular complexity index is 232. The van der Waals surface area contributed by atoms with E-state index in [-0.39, 0.29) is 12.4 Å². The summed E-state index contributed by atoms with van der Waals surface area (Å²) in [7, 11) is 10.5. The SMILES string of the molecule is CN(C)C1[NH2+]C(N2CCCCCN2C)SS1.[Cl-]. The third-order valence-electron chi connectivity index (χ3n) is 3.19. The molecule has 2 rings (SSSR count). The van der Waals surface area contributed by atoms with Crippen LogP contribution in [0.4, 0.5) is 0 Å². The van der Waals surface area contributed by atoms with Crippen LogP contribution in [-0.4, -0.2) is 60.1 Å². The minimum absolute atomic E-state index is 0. The van der Waals surface area contributed by atoms with E-state index in [0.717, 1.165) is 0 Å². The maximum atomic E-state index is 2.54. The van der Waals surface area contributed by atoms with Crippen molar-refractivity contribution in [3.63, 3.8) is 0 Å². The summed E-state index contributed by atoms with van der Waals surface area (Å²) in [6.45, 7) is 2.42. The number of nitrogens with two attached hydrogens (primary N) is 1. The first-order valence-corrected chi connectivity index (χ1v) is 8.27. The molecule has 17 heavy (non-hydrogen) atoms. The lowest BCUT2D eigenvalue weighted by Crippen LogP contribution is -3.00. The zero-order chi connectivity index (χ0) is 11.5. The first-order valence-electron chi connectivity index (χ1n) is 6.00. The Morgan fingerprint density at radius 3 is 2.47 bits per heavy atom. The van der Waals surface area contributed by atoms with Crippen LogP contribution in [0.5, 0.6) is 0 Å². The Hall–Kier alpha value is 0.830. The average molecular weight is 299 g/mol. The molecule has 0 amide bonds. The summed E-state index contributed by atoms with van der Waals surface area (Å²) in [5, 5.41) is 7.42. The van der Waals surface area contributed by atoms with Gasteiger partial charge in [-0.2, -0.15) is 5.01 Å². The topological polar surface area (TPSA) is 26.3 Å². The molecule has 0 aromatic rings. The van der Waals surface area contributed by atoms with Crippen LogP contribution in [0.3, 0.4) is 0 Å². The van der Waals surface area contributed by atoms with Gasteiger partial charge in [-0.25, -0.2) is 5.01 Å². The van der Waals surface area contributed by atoms with Crippen LogP contribution in [0, 0.1) is 0 Å². The average Bonchev–Trinajstić information content (AvgIpc) is 2.63. The van der Waals surface area contributed by atoms with Gasteiger partial charge in [-0.05, 0) is 48.5 Å². The molecule has 4 nitrogen and oxygen atoms in total. The summed E-state index contributed by atoms with van der Waals surface area (Å²) in [6, 6.07) is 0. The van der Waals surface area contributed by atoms with Crippen molar-refractivity contribution in [1.82, 2.24) is 14.9 Å². The molecular weight excluding hydrogens is 276 g/mol. The molecule has 2 aliphatic rings. The van der Waals surface area contributed by atoms with Crippen molar-refractivity contribution in [2.24, 2.45) is 0 Å². The summed E-state index contributed by atoms with van der Waals surface area (Å²) in [4.78, 5) is 2.29. The highest BCUT2D eigenvalue weighted by Crippen LogP contribution is 2.34. The molecular formula is C10H23ClN4S2. The van der Waals surface area contributed by atoms with Gasteiger partial charge in [0.2, 0.25) is 11.0 Å². The van der Waals surface area contributed by atoms with Crippen LogP contribution < -0.4 is 17.7 Å². The van der Waals surface area contributed by atoms with Crippen molar-refractivity contribution in [1.29, 1.82) is 0 Å². The summed E-state index contributed by atoms with van der Waals surface area (Å²) in [6.07, 6.45) is 4.06. The van der Waals surface area contributed by atoms with Crippen LogP contribution in [0.15, 0.2) is 0 Å². The van der Waals surface area contributed by atoms with Crippen LogP contribution >= 0.6 is 21.6 Å². The van der Waals surface area contributed by atoms with Crippen molar-refractivity contribution >= 4 is 21.6 Å². The summed E-state index contributed by atoms with van der Waals surface area (Å²) in [5.41, 5.74) is 1.12. The highest BCUT2D eigenvalue weighted by atomic mass is 35.5. The number of rotatable bonds is 2. The second kappa shape index (κ2) is 7.43. The molecule has 2 N–H and O–H groups in total. The maximum absolute atomic E-state index is 2.54. The molecule has 0 spiro atoms. The molecule has 2 unspecified atom stereocenters. The molecule has 0 saturated carbocycles. The van der Waals surface area contributed by atoms with Gasteiger partial charge in [-0.3, -0.25) is 10.2 Å². The van der Waals surface area contributed by atoms with E-state index >= 15 is 0 Å². The van der Waals surface area contributed by atoms with E-state index in [2.05, 4.69) is 41.4 Å². The number of hydrazine groups is 1. The van der Waals surface area contributed by atoms with E-state index < -0.39 is 0 Å². The molecule has 7 heteroatoms. The number of nitrogens with zero attached hydrogens (tertiary/aromatic N) is 3. The minimum Gasteiger partial charge on any atom is -1.00 e. The monoisotopic (exact) mass is 298 g/mol. The van der Waals surface area contributed by atoms with E-state index in [0.29, 0.717) is 11.0 Å². The molecule has 0 aromatic heterocycles. The Kier molecular flexibility index (Phi) is 6.94. The van der Waals surface area contributed by atoms with Crippen molar-refractivity contribution in [2.45, 2.75) is 30.3 Å². The zero-order valence-electron chi connectivity index (χ0n) is 10.8. The predicted octanol–water partition coefficient (Wildman–Crippen LogP) is -2.59. The van der Waals surface area contributed by atoms with E-state index in [9.17, 15) is 0 Å². The van der Waals surface area contributed by atoms with Crippen LogP contribution in [0.25, 0.3) is 0 Å². The standard InChI is InChI=1S/C10H22N4S2.ClH/c1-12(2)9-11-10(16-15-9)14-8-6-4-5-7-13(14)3;/h9-11H,4-8H2,1-3H3;1H. The van der Waals surface area contributed by atoms with Crippen LogP contribution in [0.1, 0.15) is 19.3 Å². The summed E-state index contributed by atoms with van der Waals surface area (Å²) in [5.74, 6) is 0. The lowest BCUT2D eigenvalue weighted by atomic mass is 10.2. The highest BCUT2D eigenvalue weighted by molar-refractivity contribution is 8.77. The van der Waals surface area contributed by atoms with E-state index in [1.807, 2.05) is 21.6 Å². The number of hydrogen-bond donors (Lipinski definition) is 1. The molecule has 0 aromatic carbocycles. The molecule has 102 valence electrons. The van der Waals surface area contributed by atoms with Crippen molar-refractivity contribution in [3.8, 4) is 0 Å². The van der Waals surface area contributed by atoms with Gasteiger partial charge >= 0.3 is 0 Å². The Morgan fingerprint density at radius 1 is 1.12 bits per heavy atom. The Labute approximate surface area is 119 Å². The van der Waals surface area contributed by atoms with Gasteiger partial charge in [0.15, 0.2) is 0 Å². The van der Waals surface area contributed by atoms with Crippen molar-refractivity contribution in [2.75, 3.05) is 34.2 Å². The van der Waals surface area contributed by atoms with Gasteiger partial charge in [0, 0.05) is 20.1 Å². The first kappa shape index (κ1) is 15.9. The fraction of sp³-hybridized carbons (Fsp3) is 1.00. The van der Waals surface area contributed by atoms with E-state index in [1.54, 1.807) is 0 Å². The minimum atomic E-state index is 0. The molecule has 2 saturated heterocycles. The fourth-order valence-corrected chi connectivity index (χ4v) is 5.31. The van der Waals surface area contributed by atoms with Crippen LogP contribution in [-0.2, 0) is 0 Å². The van der Waals surface area contributed by atoms with Gasteiger partial charge in [0.05, 0.1) is 0 Å². The third-order valence-corrected chi connectivity index (χ3v) is 6.19. The van der Waals surface area contributed by atoms with Gasteiger partial charge in [-0.1, -0.05) is 6.42 Å². The molecule has 2 heterocycles. The summed E-state index contributed by atoms with van der Waals surface area (Å²) >= 11 is 0. The van der Waals surface area contributed by atoms with Crippen LogP contribution in [0.2, 0.25) is 0 Å². The normalized spacial score (nSPS) is 32.5. The van der Waals surface area contributed by atoms with Crippen molar-refractivity contribution < 1.29 is 17.7 Å². The largest absolute Gasteiger partial charge is 1.00 e. The smallest absolute Gasteiger partial charge is 0.215 e. The molecule has 2 atom stereocenters. The van der Waals surface area contributed by atoms with Crippen molar-refractivity contribution in [3.05, 3.63) is 0 Å². The van der Waals surface area contributed by atoms with E-state index in [4.69, 9.17) is 0 Å². The van der Waals surface area contributed by atoms with Gasteiger partial charge in [-0.15, -0.1) is 0 Å². The molecule has 2 fully saturated rings. The second-order valence-corrected chi connectivity index (χ2v) is 7.24. The highest BCUT2D eigenvalue weighted by Gasteiger charge is 2.37. The lowest BCUT2D eigenvalue weighted by molar-refractivity contribution is -0.715. The lowest BCUT2D eigenvalue weighted by Gasteiger charge is -2.32. The van der Waals surface area contributed by atoms with E-state index in [1.165, 1.54) is 32.4 Å². The third kappa shape index (κ3) is 4.16. The number of hydrogen-bond acceptors (Lipinski definition) is 5. The van der Waals surface area contributed by atoms with Gasteiger partial charge in [0.1, 0.15) is 0 Å². The summed E-state index contributed by atoms with van der Waals surface area (Å²) < 4.78 is 0. The Balaban J connectivity index is 0.00000144. The fourth-order valence-electron chi connectivity index (χ4n) is 2.14. The zero-order valence-corrected chi connectivity index (χ0v) is 13.2. The quantitative estimate of drug-likeness (QED) is 0.565.